The molecule has 0 atom stereocenters. The summed E-state index contributed by atoms with van der Waals surface area (Å²) in [7, 11) is 0. The first-order chi connectivity index (χ1) is 9.15. The number of nitrogens with zero attached hydrogens (tertiary/aromatic N) is 3. The van der Waals surface area contributed by atoms with Gasteiger partial charge in [0.05, 0.1) is 10.2 Å². The second-order valence-corrected chi connectivity index (χ2v) is 4.29. The third kappa shape index (κ3) is 2.78. The summed E-state index contributed by atoms with van der Waals surface area (Å²) in [5, 5.41) is 11.8. The number of aromatic nitrogens is 2. The molecule has 1 aromatic heterocycles. The number of benzene rings is 1. The maximum atomic E-state index is 13.5. The van der Waals surface area contributed by atoms with Gasteiger partial charge < -0.3 is 5.32 Å². The Bertz CT molecular complexity index is 654. The number of nitrogen functional groups attached to an aromatic ring is 1. The van der Waals surface area contributed by atoms with Crippen molar-refractivity contribution in [3.8, 4) is 6.07 Å². The Balaban J connectivity index is 2.42. The SMILES string of the molecule is N#Cc1c(F)cccc1Nc1nc(NN)ncc1Br. The zero-order chi connectivity index (χ0) is 13.8. The molecule has 0 saturated heterocycles. The maximum absolute atomic E-state index is 13.5. The van der Waals surface area contributed by atoms with Gasteiger partial charge in [-0.05, 0) is 28.1 Å². The van der Waals surface area contributed by atoms with Gasteiger partial charge in [0, 0.05) is 6.20 Å². The van der Waals surface area contributed by atoms with Gasteiger partial charge in [0.15, 0.2) is 0 Å². The van der Waals surface area contributed by atoms with Crippen LogP contribution in [0, 0.1) is 17.1 Å². The molecule has 0 saturated carbocycles. The van der Waals surface area contributed by atoms with E-state index in [1.54, 1.807) is 12.1 Å². The molecule has 0 radical (unpaired) electrons. The number of nitrogens with two attached hydrogens (primary N) is 1. The van der Waals surface area contributed by atoms with Crippen LogP contribution >= 0.6 is 15.9 Å². The molecule has 2 aromatic rings. The first-order valence-electron chi connectivity index (χ1n) is 5.10. The van der Waals surface area contributed by atoms with E-state index < -0.39 is 5.82 Å². The average molecular weight is 323 g/mol. The summed E-state index contributed by atoms with van der Waals surface area (Å²) in [6, 6.07) is 6.08. The number of hydrogen-bond acceptors (Lipinski definition) is 6. The molecule has 6 nitrogen and oxygen atoms in total. The van der Waals surface area contributed by atoms with E-state index in [0.29, 0.717) is 16.0 Å². The molecule has 1 aromatic carbocycles. The lowest BCUT2D eigenvalue weighted by atomic mass is 10.2. The summed E-state index contributed by atoms with van der Waals surface area (Å²) < 4.78 is 14.0. The van der Waals surface area contributed by atoms with Gasteiger partial charge in [-0.2, -0.15) is 10.2 Å². The number of nitrogens with one attached hydrogen (secondary N) is 2. The Hall–Kier alpha value is -2.24. The monoisotopic (exact) mass is 322 g/mol. The molecule has 0 aliphatic rings. The Kier molecular flexibility index (Phi) is 3.89. The van der Waals surface area contributed by atoms with E-state index in [2.05, 4.69) is 36.6 Å². The molecule has 0 fully saturated rings. The summed E-state index contributed by atoms with van der Waals surface area (Å²) in [6.45, 7) is 0. The molecule has 0 unspecified atom stereocenters. The molecule has 1 heterocycles. The minimum atomic E-state index is -0.602. The molecule has 4 N–H and O–H groups in total. The van der Waals surface area contributed by atoms with Crippen LogP contribution in [-0.4, -0.2) is 9.97 Å². The van der Waals surface area contributed by atoms with E-state index in [0.717, 1.165) is 0 Å². The zero-order valence-corrected chi connectivity index (χ0v) is 11.1. The van der Waals surface area contributed by atoms with Gasteiger partial charge in [-0.3, -0.25) is 5.43 Å². The van der Waals surface area contributed by atoms with Gasteiger partial charge in [0.1, 0.15) is 23.3 Å². The minimum absolute atomic E-state index is 0.0877. The van der Waals surface area contributed by atoms with Gasteiger partial charge >= 0.3 is 0 Å². The van der Waals surface area contributed by atoms with Crippen molar-refractivity contribution in [3.63, 3.8) is 0 Å². The second-order valence-electron chi connectivity index (χ2n) is 3.43. The van der Waals surface area contributed by atoms with Crippen molar-refractivity contribution >= 4 is 33.4 Å². The summed E-state index contributed by atoms with van der Waals surface area (Å²) in [5.74, 6) is 5.17. The maximum Gasteiger partial charge on any atom is 0.239 e. The van der Waals surface area contributed by atoms with E-state index in [-0.39, 0.29) is 11.5 Å². The van der Waals surface area contributed by atoms with Crippen LogP contribution in [0.1, 0.15) is 5.56 Å². The van der Waals surface area contributed by atoms with Crippen LogP contribution in [0.25, 0.3) is 0 Å². The van der Waals surface area contributed by atoms with Crippen molar-refractivity contribution in [2.45, 2.75) is 0 Å². The predicted octanol–water partition coefficient (Wildman–Crippen LogP) is 2.28. The smallest absolute Gasteiger partial charge is 0.239 e. The van der Waals surface area contributed by atoms with Crippen LogP contribution in [-0.2, 0) is 0 Å². The minimum Gasteiger partial charge on any atom is -0.338 e. The molecule has 8 heteroatoms. The Morgan fingerprint density at radius 1 is 1.42 bits per heavy atom. The van der Waals surface area contributed by atoms with Gasteiger partial charge in [0.25, 0.3) is 0 Å². The third-order valence-corrected chi connectivity index (χ3v) is 2.83. The molecular formula is C11H8BrFN6. The largest absolute Gasteiger partial charge is 0.338 e. The molecule has 96 valence electrons. The molecule has 0 aliphatic heterocycles. The number of nitriles is 1. The second kappa shape index (κ2) is 5.60. The van der Waals surface area contributed by atoms with Crippen molar-refractivity contribution in [1.29, 1.82) is 5.26 Å². The summed E-state index contributed by atoms with van der Waals surface area (Å²) >= 11 is 3.25. The lowest BCUT2D eigenvalue weighted by Crippen LogP contribution is -2.11. The first kappa shape index (κ1) is 13.2. The highest BCUT2D eigenvalue weighted by Crippen LogP contribution is 2.26. The number of rotatable bonds is 3. The fourth-order valence-electron chi connectivity index (χ4n) is 1.39. The van der Waals surface area contributed by atoms with Gasteiger partial charge in [-0.1, -0.05) is 6.07 Å². The third-order valence-electron chi connectivity index (χ3n) is 2.25. The molecule has 0 spiro atoms. The van der Waals surface area contributed by atoms with E-state index in [1.165, 1.54) is 18.3 Å². The number of hydrogen-bond donors (Lipinski definition) is 3. The topological polar surface area (TPSA) is 99.7 Å². The van der Waals surface area contributed by atoms with Crippen molar-refractivity contribution in [3.05, 3.63) is 40.2 Å². The van der Waals surface area contributed by atoms with E-state index in [4.69, 9.17) is 11.1 Å². The molecule has 0 bridgehead atoms. The van der Waals surface area contributed by atoms with Gasteiger partial charge in [0.2, 0.25) is 5.95 Å². The Morgan fingerprint density at radius 2 is 2.21 bits per heavy atom. The van der Waals surface area contributed by atoms with Crippen LogP contribution in [0.2, 0.25) is 0 Å². The summed E-state index contributed by atoms with van der Waals surface area (Å²) in [5.41, 5.74) is 2.52. The number of halogens is 2. The Labute approximate surface area is 116 Å². The fraction of sp³-hybridized carbons (Fsp3) is 0. The Morgan fingerprint density at radius 3 is 2.89 bits per heavy atom. The predicted molar refractivity (Wildman–Crippen MR) is 71.9 cm³/mol. The molecule has 2 rings (SSSR count). The molecule has 19 heavy (non-hydrogen) atoms. The lowest BCUT2D eigenvalue weighted by molar-refractivity contribution is 0.624. The molecule has 0 aliphatic carbocycles. The fourth-order valence-corrected chi connectivity index (χ4v) is 1.68. The van der Waals surface area contributed by atoms with Gasteiger partial charge in [-0.25, -0.2) is 15.2 Å². The number of hydrazine groups is 1. The van der Waals surface area contributed by atoms with E-state index in [1.807, 2.05) is 0 Å². The molecule has 0 amide bonds. The van der Waals surface area contributed by atoms with Crippen molar-refractivity contribution < 1.29 is 4.39 Å². The lowest BCUT2D eigenvalue weighted by Gasteiger charge is -2.10. The van der Waals surface area contributed by atoms with E-state index >= 15 is 0 Å². The number of anilines is 3. The highest BCUT2D eigenvalue weighted by molar-refractivity contribution is 9.10. The van der Waals surface area contributed by atoms with Crippen molar-refractivity contribution in [2.75, 3.05) is 10.7 Å². The van der Waals surface area contributed by atoms with Crippen molar-refractivity contribution in [2.24, 2.45) is 5.84 Å². The highest BCUT2D eigenvalue weighted by atomic mass is 79.9. The zero-order valence-electron chi connectivity index (χ0n) is 9.48. The first-order valence-corrected chi connectivity index (χ1v) is 5.89. The van der Waals surface area contributed by atoms with Crippen LogP contribution in [0.4, 0.5) is 21.8 Å². The summed E-state index contributed by atoms with van der Waals surface area (Å²) in [4.78, 5) is 7.94. The summed E-state index contributed by atoms with van der Waals surface area (Å²) in [6.07, 6.45) is 1.48. The average Bonchev–Trinajstić information content (AvgIpc) is 2.41. The van der Waals surface area contributed by atoms with Gasteiger partial charge in [-0.15, -0.1) is 0 Å². The quantitative estimate of drug-likeness (QED) is 0.592. The standard InChI is InChI=1S/C11H8BrFN6/c12-7-5-16-11(19-15)18-10(7)17-9-3-1-2-8(13)6(9)4-14/h1-3,5H,15H2,(H2,16,17,18,19). The van der Waals surface area contributed by atoms with Crippen LogP contribution in [0.15, 0.2) is 28.9 Å². The van der Waals surface area contributed by atoms with Crippen LogP contribution < -0.4 is 16.6 Å². The van der Waals surface area contributed by atoms with Crippen molar-refractivity contribution in [1.82, 2.24) is 9.97 Å². The van der Waals surface area contributed by atoms with Crippen LogP contribution in [0.3, 0.4) is 0 Å². The highest BCUT2D eigenvalue weighted by Gasteiger charge is 2.11. The van der Waals surface area contributed by atoms with E-state index in [9.17, 15) is 4.39 Å². The molecular weight excluding hydrogens is 315 g/mol. The normalized spacial score (nSPS) is 9.79. The van der Waals surface area contributed by atoms with Crippen LogP contribution in [0.5, 0.6) is 0 Å².